The van der Waals surface area contributed by atoms with E-state index in [1.165, 1.54) is 0 Å². The normalized spacial score (nSPS) is 10.6. The van der Waals surface area contributed by atoms with Crippen molar-refractivity contribution in [2.75, 3.05) is 12.4 Å². The van der Waals surface area contributed by atoms with E-state index in [-0.39, 0.29) is 12.5 Å². The Bertz CT molecular complexity index is 1190. The second-order valence-electron chi connectivity index (χ2n) is 7.23. The van der Waals surface area contributed by atoms with Gasteiger partial charge in [-0.1, -0.05) is 33.2 Å². The molecular formula is C25H22BrN3O4. The van der Waals surface area contributed by atoms with Crippen molar-refractivity contribution in [1.82, 2.24) is 10.1 Å². The van der Waals surface area contributed by atoms with E-state index >= 15 is 0 Å². The summed E-state index contributed by atoms with van der Waals surface area (Å²) < 4.78 is 17.1. The summed E-state index contributed by atoms with van der Waals surface area (Å²) in [4.78, 5) is 16.7. The van der Waals surface area contributed by atoms with Crippen LogP contribution in [0.15, 0.2) is 81.8 Å². The summed E-state index contributed by atoms with van der Waals surface area (Å²) in [5.41, 5.74) is 2.57. The molecule has 4 rings (SSSR count). The van der Waals surface area contributed by atoms with Crippen LogP contribution in [0.5, 0.6) is 11.5 Å². The van der Waals surface area contributed by atoms with E-state index in [2.05, 4.69) is 31.4 Å². The van der Waals surface area contributed by atoms with Gasteiger partial charge in [0.1, 0.15) is 11.5 Å². The molecule has 4 aromatic rings. The smallest absolute Gasteiger partial charge is 0.264 e. The summed E-state index contributed by atoms with van der Waals surface area (Å²) in [6.45, 7) is 0.178. The number of aromatic nitrogens is 2. The Morgan fingerprint density at radius 1 is 0.970 bits per heavy atom. The van der Waals surface area contributed by atoms with E-state index < -0.39 is 0 Å². The molecule has 0 radical (unpaired) electrons. The highest BCUT2D eigenvalue weighted by atomic mass is 79.9. The van der Waals surface area contributed by atoms with E-state index in [0.717, 1.165) is 21.3 Å². The van der Waals surface area contributed by atoms with Gasteiger partial charge in [-0.25, -0.2) is 0 Å². The number of hydrogen-bond donors (Lipinski definition) is 1. The van der Waals surface area contributed by atoms with E-state index in [1.54, 1.807) is 7.11 Å². The zero-order valence-corrected chi connectivity index (χ0v) is 19.5. The van der Waals surface area contributed by atoms with Gasteiger partial charge in [0.25, 0.3) is 5.89 Å². The van der Waals surface area contributed by atoms with Crippen LogP contribution < -0.4 is 14.8 Å². The lowest BCUT2D eigenvalue weighted by molar-refractivity contribution is -0.116. The number of benzene rings is 3. The van der Waals surface area contributed by atoms with Crippen molar-refractivity contribution < 1.29 is 18.8 Å². The van der Waals surface area contributed by atoms with Gasteiger partial charge in [-0.2, -0.15) is 4.98 Å². The molecule has 1 heterocycles. The summed E-state index contributed by atoms with van der Waals surface area (Å²) >= 11 is 3.39. The van der Waals surface area contributed by atoms with Gasteiger partial charge in [0.05, 0.1) is 7.11 Å². The van der Waals surface area contributed by atoms with Crippen LogP contribution in [0.1, 0.15) is 17.9 Å². The monoisotopic (exact) mass is 507 g/mol. The number of carbonyl (C=O) groups is 1. The molecule has 33 heavy (non-hydrogen) atoms. The average molecular weight is 508 g/mol. The molecule has 3 aromatic carbocycles. The summed E-state index contributed by atoms with van der Waals surface area (Å²) in [7, 11) is 1.63. The molecule has 0 aliphatic heterocycles. The average Bonchev–Trinajstić information content (AvgIpc) is 3.32. The van der Waals surface area contributed by atoms with Gasteiger partial charge in [0, 0.05) is 22.1 Å². The SMILES string of the molecule is COc1ccc(CCC(=O)Nc2ccc(-c3noc(COc4ccc(Br)cc4)n3)cc2)cc1. The Labute approximate surface area is 199 Å². The summed E-state index contributed by atoms with van der Waals surface area (Å²) in [6, 6.07) is 22.5. The van der Waals surface area contributed by atoms with Crippen molar-refractivity contribution in [2.45, 2.75) is 19.4 Å². The zero-order chi connectivity index (χ0) is 23.0. The first-order valence-electron chi connectivity index (χ1n) is 10.3. The molecule has 8 heteroatoms. The van der Waals surface area contributed by atoms with Gasteiger partial charge in [-0.3, -0.25) is 4.79 Å². The molecule has 1 N–H and O–H groups in total. The molecule has 168 valence electrons. The van der Waals surface area contributed by atoms with Crippen molar-refractivity contribution in [2.24, 2.45) is 0 Å². The van der Waals surface area contributed by atoms with Crippen LogP contribution in [-0.2, 0) is 17.8 Å². The molecule has 0 atom stereocenters. The Hall–Kier alpha value is -3.65. The number of hydrogen-bond acceptors (Lipinski definition) is 6. The van der Waals surface area contributed by atoms with Crippen LogP contribution in [-0.4, -0.2) is 23.2 Å². The third-order valence-electron chi connectivity index (χ3n) is 4.87. The number of halogens is 1. The molecule has 0 unspecified atom stereocenters. The zero-order valence-electron chi connectivity index (χ0n) is 18.0. The van der Waals surface area contributed by atoms with Gasteiger partial charge in [0.2, 0.25) is 11.7 Å². The van der Waals surface area contributed by atoms with E-state index in [1.807, 2.05) is 72.8 Å². The molecule has 0 saturated heterocycles. The van der Waals surface area contributed by atoms with Crippen molar-refractivity contribution in [3.63, 3.8) is 0 Å². The minimum atomic E-state index is -0.0505. The molecule has 0 fully saturated rings. The second-order valence-corrected chi connectivity index (χ2v) is 8.14. The Balaban J connectivity index is 1.27. The van der Waals surface area contributed by atoms with Crippen molar-refractivity contribution in [1.29, 1.82) is 0 Å². The number of amides is 1. The number of ether oxygens (including phenoxy) is 2. The van der Waals surface area contributed by atoms with Crippen LogP contribution in [0.25, 0.3) is 11.4 Å². The van der Waals surface area contributed by atoms with Crippen LogP contribution in [0.2, 0.25) is 0 Å². The fraction of sp³-hybridized carbons (Fsp3) is 0.160. The lowest BCUT2D eigenvalue weighted by Crippen LogP contribution is -2.12. The van der Waals surface area contributed by atoms with E-state index in [4.69, 9.17) is 14.0 Å². The molecular weight excluding hydrogens is 486 g/mol. The number of aryl methyl sites for hydroxylation is 1. The molecule has 0 saturated carbocycles. The largest absolute Gasteiger partial charge is 0.497 e. The number of anilines is 1. The Morgan fingerprint density at radius 2 is 1.67 bits per heavy atom. The maximum atomic E-state index is 12.3. The fourth-order valence-electron chi connectivity index (χ4n) is 3.08. The second kappa shape index (κ2) is 10.8. The lowest BCUT2D eigenvalue weighted by Gasteiger charge is -2.06. The Kier molecular flexibility index (Phi) is 7.36. The molecule has 1 aromatic heterocycles. The first-order chi connectivity index (χ1) is 16.1. The van der Waals surface area contributed by atoms with Crippen LogP contribution in [0.4, 0.5) is 5.69 Å². The highest BCUT2D eigenvalue weighted by Crippen LogP contribution is 2.21. The van der Waals surface area contributed by atoms with Crippen LogP contribution >= 0.6 is 15.9 Å². The molecule has 7 nitrogen and oxygen atoms in total. The quantitative estimate of drug-likeness (QED) is 0.314. The molecule has 1 amide bonds. The van der Waals surface area contributed by atoms with Crippen molar-refractivity contribution in [3.05, 3.63) is 88.7 Å². The minimum absolute atomic E-state index is 0.0505. The van der Waals surface area contributed by atoms with E-state index in [9.17, 15) is 4.79 Å². The maximum Gasteiger partial charge on any atom is 0.264 e. The summed E-state index contributed by atoms with van der Waals surface area (Å²) in [6.07, 6.45) is 1.04. The first-order valence-corrected chi connectivity index (χ1v) is 11.1. The van der Waals surface area contributed by atoms with E-state index in [0.29, 0.717) is 36.0 Å². The molecule has 0 aliphatic rings. The lowest BCUT2D eigenvalue weighted by atomic mass is 10.1. The fourth-order valence-corrected chi connectivity index (χ4v) is 3.35. The third kappa shape index (κ3) is 6.43. The minimum Gasteiger partial charge on any atom is -0.497 e. The number of nitrogens with zero attached hydrogens (tertiary/aromatic N) is 2. The number of methoxy groups -OCH3 is 1. The number of carbonyl (C=O) groups excluding carboxylic acids is 1. The predicted molar refractivity (Wildman–Crippen MR) is 128 cm³/mol. The van der Waals surface area contributed by atoms with Gasteiger partial charge >= 0.3 is 0 Å². The first kappa shape index (κ1) is 22.5. The molecule has 0 spiro atoms. The van der Waals surface area contributed by atoms with Gasteiger partial charge < -0.3 is 19.3 Å². The maximum absolute atomic E-state index is 12.3. The third-order valence-corrected chi connectivity index (χ3v) is 5.40. The van der Waals surface area contributed by atoms with Crippen LogP contribution in [0, 0.1) is 0 Å². The topological polar surface area (TPSA) is 86.5 Å². The number of nitrogens with one attached hydrogen (secondary N) is 1. The van der Waals surface area contributed by atoms with Crippen LogP contribution in [0.3, 0.4) is 0 Å². The number of rotatable bonds is 9. The highest BCUT2D eigenvalue weighted by Gasteiger charge is 2.10. The highest BCUT2D eigenvalue weighted by molar-refractivity contribution is 9.10. The van der Waals surface area contributed by atoms with Crippen molar-refractivity contribution in [3.8, 4) is 22.9 Å². The summed E-state index contributed by atoms with van der Waals surface area (Å²) in [5, 5.41) is 6.92. The van der Waals surface area contributed by atoms with Gasteiger partial charge in [0.15, 0.2) is 6.61 Å². The molecule has 0 aliphatic carbocycles. The van der Waals surface area contributed by atoms with Gasteiger partial charge in [-0.05, 0) is 72.6 Å². The standard InChI is InChI=1S/C25H22BrN3O4/c1-31-21-11-2-17(3-12-21)4-15-23(30)27-20-9-5-18(6-10-20)25-28-24(33-29-25)16-32-22-13-7-19(26)8-14-22/h2-3,5-14H,4,15-16H2,1H3,(H,27,30). The molecule has 0 bridgehead atoms. The predicted octanol–water partition coefficient (Wildman–Crippen LogP) is 5.66. The Morgan fingerprint density at radius 3 is 2.36 bits per heavy atom. The summed E-state index contributed by atoms with van der Waals surface area (Å²) in [5.74, 6) is 2.30. The van der Waals surface area contributed by atoms with Crippen molar-refractivity contribution >= 4 is 27.5 Å². The van der Waals surface area contributed by atoms with Gasteiger partial charge in [-0.15, -0.1) is 0 Å².